The van der Waals surface area contributed by atoms with E-state index in [1.807, 2.05) is 0 Å². The monoisotopic (exact) mass is 220 g/mol. The molecule has 1 aromatic rings. The molecule has 0 aromatic heterocycles. The molecule has 1 amide bonds. The number of amides is 1. The van der Waals surface area contributed by atoms with Crippen LogP contribution in [0, 0.1) is 0 Å². The number of carbonyl (C=O) groups excluding carboxylic acids is 1. The number of phenols is 1. The van der Waals surface area contributed by atoms with Crippen LogP contribution in [0.4, 0.5) is 0 Å². The molecule has 4 heteroatoms. The highest BCUT2D eigenvalue weighted by atomic mass is 16.3. The summed E-state index contributed by atoms with van der Waals surface area (Å²) in [5.41, 5.74) is 6.05. The molecule has 0 unspecified atom stereocenters. The minimum atomic E-state index is -0.269. The van der Waals surface area contributed by atoms with E-state index in [1.54, 1.807) is 18.2 Å². The van der Waals surface area contributed by atoms with Crippen LogP contribution in [0.15, 0.2) is 24.3 Å². The molecule has 0 bridgehead atoms. The highest BCUT2D eigenvalue weighted by molar-refractivity contribution is 5.96. The van der Waals surface area contributed by atoms with Gasteiger partial charge in [-0.3, -0.25) is 4.79 Å². The number of hydrogen-bond donors (Lipinski definition) is 3. The Bertz CT molecular complexity index is 400. The average molecular weight is 220 g/mol. The van der Waals surface area contributed by atoms with Crippen LogP contribution in [0.3, 0.4) is 0 Å². The summed E-state index contributed by atoms with van der Waals surface area (Å²) in [6, 6.07) is 6.49. The van der Waals surface area contributed by atoms with E-state index in [4.69, 9.17) is 5.73 Å². The summed E-state index contributed by atoms with van der Waals surface area (Å²) in [4.78, 5) is 11.7. The standard InChI is InChI=1S/C12H16N2O2/c13-12(6-3-7-12)8-14-11(16)9-4-1-2-5-10(9)15/h1-2,4-5,15H,3,6-8,13H2,(H,14,16). The van der Waals surface area contributed by atoms with Gasteiger partial charge < -0.3 is 16.2 Å². The second kappa shape index (κ2) is 4.14. The summed E-state index contributed by atoms with van der Waals surface area (Å²) in [5.74, 6) is -0.269. The van der Waals surface area contributed by atoms with Gasteiger partial charge in [0.05, 0.1) is 5.56 Å². The average Bonchev–Trinajstić information content (AvgIpc) is 2.24. The molecule has 0 heterocycles. The number of phenolic OH excluding ortho intramolecular Hbond substituents is 1. The number of benzene rings is 1. The smallest absolute Gasteiger partial charge is 0.255 e. The highest BCUT2D eigenvalue weighted by Crippen LogP contribution is 2.28. The zero-order valence-corrected chi connectivity index (χ0v) is 9.07. The Kier molecular flexibility index (Phi) is 2.83. The largest absolute Gasteiger partial charge is 0.507 e. The lowest BCUT2D eigenvalue weighted by molar-refractivity contribution is 0.0927. The van der Waals surface area contributed by atoms with Gasteiger partial charge in [0.25, 0.3) is 5.91 Å². The molecule has 1 aliphatic carbocycles. The molecule has 4 N–H and O–H groups in total. The van der Waals surface area contributed by atoms with Gasteiger partial charge in [0.2, 0.25) is 0 Å². The maximum atomic E-state index is 11.7. The molecular weight excluding hydrogens is 204 g/mol. The van der Waals surface area contributed by atoms with Crippen LogP contribution in [0.1, 0.15) is 29.6 Å². The second-order valence-corrected chi connectivity index (χ2v) is 4.42. The van der Waals surface area contributed by atoms with Crippen LogP contribution in [0.25, 0.3) is 0 Å². The van der Waals surface area contributed by atoms with Crippen molar-refractivity contribution in [3.63, 3.8) is 0 Å². The molecule has 0 spiro atoms. The van der Waals surface area contributed by atoms with E-state index < -0.39 is 0 Å². The third-order valence-electron chi connectivity index (χ3n) is 3.10. The number of rotatable bonds is 3. The van der Waals surface area contributed by atoms with Gasteiger partial charge in [0.1, 0.15) is 5.75 Å². The van der Waals surface area contributed by atoms with Crippen LogP contribution < -0.4 is 11.1 Å². The number of carbonyl (C=O) groups is 1. The molecule has 0 saturated heterocycles. The zero-order valence-electron chi connectivity index (χ0n) is 9.07. The predicted octanol–water partition coefficient (Wildman–Crippen LogP) is 1.00. The van der Waals surface area contributed by atoms with Crippen molar-refractivity contribution in [2.24, 2.45) is 5.73 Å². The van der Waals surface area contributed by atoms with Gasteiger partial charge in [-0.05, 0) is 31.4 Å². The van der Waals surface area contributed by atoms with E-state index >= 15 is 0 Å². The van der Waals surface area contributed by atoms with E-state index in [0.29, 0.717) is 12.1 Å². The maximum absolute atomic E-state index is 11.7. The summed E-state index contributed by atoms with van der Waals surface area (Å²) < 4.78 is 0. The van der Waals surface area contributed by atoms with Gasteiger partial charge in [-0.2, -0.15) is 0 Å². The fourth-order valence-electron chi connectivity index (χ4n) is 1.82. The van der Waals surface area contributed by atoms with Gasteiger partial charge in [-0.25, -0.2) is 0 Å². The Labute approximate surface area is 94.5 Å². The fourth-order valence-corrected chi connectivity index (χ4v) is 1.82. The normalized spacial score (nSPS) is 17.6. The quantitative estimate of drug-likeness (QED) is 0.711. The lowest BCUT2D eigenvalue weighted by Gasteiger charge is -2.38. The van der Waals surface area contributed by atoms with Crippen LogP contribution in [0.2, 0.25) is 0 Å². The van der Waals surface area contributed by atoms with E-state index in [1.165, 1.54) is 6.07 Å². The van der Waals surface area contributed by atoms with Gasteiger partial charge in [0.15, 0.2) is 0 Å². The number of nitrogens with two attached hydrogens (primary N) is 1. The Hall–Kier alpha value is -1.55. The van der Waals surface area contributed by atoms with Crippen molar-refractivity contribution in [1.82, 2.24) is 5.32 Å². The van der Waals surface area contributed by atoms with Crippen molar-refractivity contribution in [2.75, 3.05) is 6.54 Å². The summed E-state index contributed by atoms with van der Waals surface area (Å²) in [7, 11) is 0. The second-order valence-electron chi connectivity index (χ2n) is 4.42. The molecular formula is C12H16N2O2. The molecule has 1 saturated carbocycles. The SMILES string of the molecule is NC1(CNC(=O)c2ccccc2O)CCC1. The van der Waals surface area contributed by atoms with Crippen molar-refractivity contribution in [3.05, 3.63) is 29.8 Å². The van der Waals surface area contributed by atoms with Gasteiger partial charge >= 0.3 is 0 Å². The third kappa shape index (κ3) is 2.17. The summed E-state index contributed by atoms with van der Waals surface area (Å²) in [6.07, 6.45) is 3.03. The van der Waals surface area contributed by atoms with E-state index in [0.717, 1.165) is 19.3 Å². The first kappa shape index (κ1) is 11.0. The fraction of sp³-hybridized carbons (Fsp3) is 0.417. The van der Waals surface area contributed by atoms with E-state index in [-0.39, 0.29) is 17.2 Å². The highest BCUT2D eigenvalue weighted by Gasteiger charge is 2.32. The van der Waals surface area contributed by atoms with Gasteiger partial charge in [0, 0.05) is 12.1 Å². The third-order valence-corrected chi connectivity index (χ3v) is 3.10. The first-order valence-electron chi connectivity index (χ1n) is 5.46. The predicted molar refractivity (Wildman–Crippen MR) is 61.2 cm³/mol. The first-order valence-corrected chi connectivity index (χ1v) is 5.46. The molecule has 0 aliphatic heterocycles. The van der Waals surface area contributed by atoms with Crippen molar-refractivity contribution >= 4 is 5.91 Å². The van der Waals surface area contributed by atoms with Gasteiger partial charge in [-0.15, -0.1) is 0 Å². The van der Waals surface area contributed by atoms with Gasteiger partial charge in [-0.1, -0.05) is 12.1 Å². The van der Waals surface area contributed by atoms with E-state index in [9.17, 15) is 9.90 Å². The Balaban J connectivity index is 1.96. The molecule has 2 rings (SSSR count). The molecule has 1 fully saturated rings. The molecule has 1 aromatic carbocycles. The Morgan fingerprint density at radius 1 is 1.44 bits per heavy atom. The summed E-state index contributed by atoms with van der Waals surface area (Å²) in [6.45, 7) is 0.472. The van der Waals surface area contributed by atoms with Crippen molar-refractivity contribution in [3.8, 4) is 5.75 Å². The van der Waals surface area contributed by atoms with Crippen LogP contribution >= 0.6 is 0 Å². The van der Waals surface area contributed by atoms with Crippen LogP contribution in [-0.4, -0.2) is 23.1 Å². The summed E-state index contributed by atoms with van der Waals surface area (Å²) in [5, 5.41) is 12.2. The summed E-state index contributed by atoms with van der Waals surface area (Å²) >= 11 is 0. The van der Waals surface area contributed by atoms with Crippen molar-refractivity contribution in [1.29, 1.82) is 0 Å². The Morgan fingerprint density at radius 3 is 2.69 bits per heavy atom. The lowest BCUT2D eigenvalue weighted by Crippen LogP contribution is -2.54. The van der Waals surface area contributed by atoms with Crippen molar-refractivity contribution in [2.45, 2.75) is 24.8 Å². The van der Waals surface area contributed by atoms with Crippen LogP contribution in [0.5, 0.6) is 5.75 Å². The Morgan fingerprint density at radius 2 is 2.12 bits per heavy atom. The molecule has 0 radical (unpaired) electrons. The molecule has 0 atom stereocenters. The lowest BCUT2D eigenvalue weighted by atomic mass is 9.78. The topological polar surface area (TPSA) is 75.3 Å². The number of hydrogen-bond acceptors (Lipinski definition) is 3. The first-order chi connectivity index (χ1) is 7.61. The number of aromatic hydroxyl groups is 1. The molecule has 1 aliphatic rings. The molecule has 86 valence electrons. The van der Waals surface area contributed by atoms with E-state index in [2.05, 4.69) is 5.32 Å². The minimum absolute atomic E-state index is 0.000295. The maximum Gasteiger partial charge on any atom is 0.255 e. The van der Waals surface area contributed by atoms with Crippen molar-refractivity contribution < 1.29 is 9.90 Å². The zero-order chi connectivity index (χ0) is 11.6. The molecule has 4 nitrogen and oxygen atoms in total. The number of para-hydroxylation sites is 1. The number of nitrogens with one attached hydrogen (secondary N) is 1. The minimum Gasteiger partial charge on any atom is -0.507 e. The molecule has 16 heavy (non-hydrogen) atoms. The van der Waals surface area contributed by atoms with Crippen LogP contribution in [-0.2, 0) is 0 Å².